The number of nitrogens with zero attached hydrogens (tertiary/aromatic N) is 2. The van der Waals surface area contributed by atoms with Crippen LogP contribution in [-0.4, -0.2) is 55.7 Å². The van der Waals surface area contributed by atoms with E-state index in [1.54, 1.807) is 24.3 Å². The monoisotopic (exact) mass is 450 g/mol. The lowest BCUT2D eigenvalue weighted by Gasteiger charge is -2.34. The van der Waals surface area contributed by atoms with Crippen LogP contribution in [0.3, 0.4) is 0 Å². The number of halogens is 2. The summed E-state index contributed by atoms with van der Waals surface area (Å²) in [4.78, 5) is 4.97. The summed E-state index contributed by atoms with van der Waals surface area (Å²) >= 11 is 0. The Balaban J connectivity index is 1.23. The van der Waals surface area contributed by atoms with Crippen LogP contribution in [0.2, 0.25) is 0 Å². The molecule has 0 aromatic heterocycles. The maximum atomic E-state index is 13.4. The third kappa shape index (κ3) is 7.11. The fourth-order valence-corrected chi connectivity index (χ4v) is 4.32. The largest absolute Gasteiger partial charge is 0.491 e. The van der Waals surface area contributed by atoms with E-state index in [1.165, 1.54) is 30.2 Å². The van der Waals surface area contributed by atoms with Gasteiger partial charge in [-0.15, -0.1) is 0 Å². The molecule has 1 saturated heterocycles. The Morgan fingerprint density at radius 1 is 0.818 bits per heavy atom. The van der Waals surface area contributed by atoms with Crippen molar-refractivity contribution >= 4 is 5.76 Å². The van der Waals surface area contributed by atoms with Crippen LogP contribution in [0.15, 0.2) is 84.2 Å². The molecule has 0 bridgehead atoms. The molecule has 0 spiro atoms. The Bertz CT molecular complexity index is 975. The van der Waals surface area contributed by atoms with E-state index < -0.39 is 0 Å². The van der Waals surface area contributed by atoms with E-state index in [-0.39, 0.29) is 11.6 Å². The van der Waals surface area contributed by atoms with Crippen LogP contribution in [0, 0.1) is 5.82 Å². The van der Waals surface area contributed by atoms with Crippen molar-refractivity contribution < 1.29 is 13.5 Å². The lowest BCUT2D eigenvalue weighted by molar-refractivity contribution is 0.111. The number of hydrogen-bond donors (Lipinski definition) is 0. The van der Waals surface area contributed by atoms with Crippen molar-refractivity contribution in [3.05, 3.63) is 101 Å². The maximum Gasteiger partial charge on any atom is 0.130 e. The minimum absolute atomic E-state index is 0.237. The summed E-state index contributed by atoms with van der Waals surface area (Å²) in [5.74, 6) is 0.184. The van der Waals surface area contributed by atoms with E-state index in [0.717, 1.165) is 56.8 Å². The molecule has 5 heteroatoms. The Kier molecular flexibility index (Phi) is 8.45. The quantitative estimate of drug-likeness (QED) is 0.462. The molecule has 2 aromatic carbocycles. The van der Waals surface area contributed by atoms with Crippen LogP contribution in [0.1, 0.15) is 24.0 Å². The summed E-state index contributed by atoms with van der Waals surface area (Å²) in [6.45, 7) is 6.74. The van der Waals surface area contributed by atoms with Gasteiger partial charge in [0.2, 0.25) is 0 Å². The fraction of sp³-hybridized carbons (Fsp3) is 0.357. The molecular formula is C28H32F2N2O. The molecule has 0 radical (unpaired) electrons. The first-order valence-corrected chi connectivity index (χ1v) is 11.8. The lowest BCUT2D eigenvalue weighted by atomic mass is 10.0. The molecule has 0 unspecified atom stereocenters. The average molecular weight is 451 g/mol. The van der Waals surface area contributed by atoms with Gasteiger partial charge in [0, 0.05) is 38.3 Å². The molecule has 0 amide bonds. The predicted octanol–water partition coefficient (Wildman–Crippen LogP) is 5.62. The van der Waals surface area contributed by atoms with E-state index in [9.17, 15) is 8.78 Å². The summed E-state index contributed by atoms with van der Waals surface area (Å²) in [6.07, 6.45) is 7.52. The second kappa shape index (κ2) is 11.9. The molecule has 3 nitrogen and oxygen atoms in total. The number of allylic oxidation sites excluding steroid dienone is 5. The van der Waals surface area contributed by atoms with Crippen LogP contribution in [0.25, 0.3) is 5.76 Å². The Morgan fingerprint density at radius 3 is 2.18 bits per heavy atom. The van der Waals surface area contributed by atoms with E-state index in [4.69, 9.17) is 4.74 Å². The van der Waals surface area contributed by atoms with Crippen molar-refractivity contribution in [1.82, 2.24) is 9.80 Å². The van der Waals surface area contributed by atoms with Crippen LogP contribution in [-0.2, 0) is 11.2 Å². The molecule has 1 aliphatic carbocycles. The first-order valence-electron chi connectivity index (χ1n) is 11.8. The molecule has 0 N–H and O–H groups in total. The average Bonchev–Trinajstić information content (AvgIpc) is 2.85. The summed E-state index contributed by atoms with van der Waals surface area (Å²) in [5, 5.41) is 0. The first-order chi connectivity index (χ1) is 16.2. The fourth-order valence-electron chi connectivity index (χ4n) is 4.32. The van der Waals surface area contributed by atoms with Crippen molar-refractivity contribution in [2.75, 3.05) is 45.9 Å². The number of benzene rings is 2. The van der Waals surface area contributed by atoms with Gasteiger partial charge in [0.15, 0.2) is 0 Å². The smallest absolute Gasteiger partial charge is 0.130 e. The highest BCUT2D eigenvalue weighted by Crippen LogP contribution is 2.27. The van der Waals surface area contributed by atoms with Crippen LogP contribution in [0.5, 0.6) is 0 Å². The number of hydrogen-bond acceptors (Lipinski definition) is 3. The number of ether oxygens (including phenoxy) is 1. The van der Waals surface area contributed by atoms with E-state index in [2.05, 4.69) is 40.1 Å². The van der Waals surface area contributed by atoms with Gasteiger partial charge in [-0.05, 0) is 73.4 Å². The van der Waals surface area contributed by atoms with Crippen molar-refractivity contribution in [3.63, 3.8) is 0 Å². The predicted molar refractivity (Wildman–Crippen MR) is 130 cm³/mol. The number of piperazine rings is 1. The van der Waals surface area contributed by atoms with Gasteiger partial charge in [-0.2, -0.15) is 0 Å². The molecule has 2 aliphatic rings. The van der Waals surface area contributed by atoms with Gasteiger partial charge in [0.25, 0.3) is 0 Å². The second-order valence-electron chi connectivity index (χ2n) is 8.61. The van der Waals surface area contributed by atoms with Crippen molar-refractivity contribution in [3.8, 4) is 0 Å². The molecule has 1 heterocycles. The van der Waals surface area contributed by atoms with Crippen molar-refractivity contribution in [2.45, 2.75) is 19.3 Å². The van der Waals surface area contributed by atoms with Crippen LogP contribution >= 0.6 is 0 Å². The van der Waals surface area contributed by atoms with Gasteiger partial charge in [0.1, 0.15) is 24.0 Å². The Morgan fingerprint density at radius 2 is 1.52 bits per heavy atom. The number of aryl methyl sites for hydroxylation is 1. The van der Waals surface area contributed by atoms with Crippen molar-refractivity contribution in [1.29, 1.82) is 0 Å². The van der Waals surface area contributed by atoms with Crippen LogP contribution in [0.4, 0.5) is 8.78 Å². The topological polar surface area (TPSA) is 15.7 Å². The normalized spacial score (nSPS) is 18.8. The van der Waals surface area contributed by atoms with Crippen molar-refractivity contribution in [2.24, 2.45) is 0 Å². The highest BCUT2D eigenvalue weighted by molar-refractivity contribution is 5.67. The maximum absolute atomic E-state index is 13.4. The SMILES string of the molecule is FC1=CC/C(=C(/OCCN2CCN(CCCc3ccccc3)CC2)c2ccc(F)cc2)C=C1. The molecule has 174 valence electrons. The first kappa shape index (κ1) is 23.4. The zero-order valence-corrected chi connectivity index (χ0v) is 19.1. The van der Waals surface area contributed by atoms with Gasteiger partial charge in [-0.1, -0.05) is 36.4 Å². The molecule has 1 aliphatic heterocycles. The van der Waals surface area contributed by atoms with E-state index >= 15 is 0 Å². The summed E-state index contributed by atoms with van der Waals surface area (Å²) in [7, 11) is 0. The Hall–Kier alpha value is -2.76. The minimum atomic E-state index is -0.283. The molecular weight excluding hydrogens is 418 g/mol. The van der Waals surface area contributed by atoms with Gasteiger partial charge in [-0.3, -0.25) is 4.90 Å². The van der Waals surface area contributed by atoms with Gasteiger partial charge >= 0.3 is 0 Å². The highest BCUT2D eigenvalue weighted by atomic mass is 19.1. The third-order valence-electron chi connectivity index (χ3n) is 6.26. The van der Waals surface area contributed by atoms with Gasteiger partial charge in [-0.25, -0.2) is 8.78 Å². The molecule has 4 rings (SSSR count). The molecule has 1 fully saturated rings. The van der Waals surface area contributed by atoms with Crippen LogP contribution < -0.4 is 0 Å². The minimum Gasteiger partial charge on any atom is -0.491 e. The second-order valence-corrected chi connectivity index (χ2v) is 8.61. The summed E-state index contributed by atoms with van der Waals surface area (Å²) in [5.41, 5.74) is 3.13. The molecule has 33 heavy (non-hydrogen) atoms. The van der Waals surface area contributed by atoms with Gasteiger partial charge < -0.3 is 9.64 Å². The zero-order chi connectivity index (χ0) is 22.9. The van der Waals surface area contributed by atoms with E-state index in [0.29, 0.717) is 18.8 Å². The lowest BCUT2D eigenvalue weighted by Crippen LogP contribution is -2.47. The summed E-state index contributed by atoms with van der Waals surface area (Å²) in [6, 6.07) is 17.0. The Labute approximate surface area is 195 Å². The van der Waals surface area contributed by atoms with E-state index in [1.807, 2.05) is 0 Å². The standard InChI is InChI=1S/C28H32F2N2O/c29-26-12-8-24(9-13-26)28(25-10-14-27(30)15-11-25)33-22-21-32-19-17-31(18-20-32)16-4-7-23-5-2-1-3-6-23/h1-3,5-6,8-10,12-15H,4,7,11,16-22H2/b28-25+. The molecule has 0 atom stereocenters. The number of rotatable bonds is 9. The zero-order valence-electron chi connectivity index (χ0n) is 19.1. The van der Waals surface area contributed by atoms with Gasteiger partial charge in [0.05, 0.1) is 0 Å². The highest BCUT2D eigenvalue weighted by Gasteiger charge is 2.17. The summed E-state index contributed by atoms with van der Waals surface area (Å²) < 4.78 is 33.0. The molecule has 0 saturated carbocycles. The third-order valence-corrected chi connectivity index (χ3v) is 6.26. The molecule has 2 aromatic rings.